The number of carbonyl (C=O) groups is 1. The van der Waals surface area contributed by atoms with Gasteiger partial charge in [0.25, 0.3) is 0 Å². The van der Waals surface area contributed by atoms with E-state index < -0.39 is 17.7 Å². The normalized spacial score (nSPS) is 20.8. The van der Waals surface area contributed by atoms with Gasteiger partial charge in [-0.25, -0.2) is 8.78 Å². The molecule has 1 atom stereocenters. The van der Waals surface area contributed by atoms with E-state index >= 15 is 0 Å². The first-order valence-electron chi connectivity index (χ1n) is 6.16. The van der Waals surface area contributed by atoms with Gasteiger partial charge >= 0.3 is 0 Å². The SMILES string of the molecule is CC(C)(C)N1CC(c2cc(F)ccc2F)OCC1=O. The molecule has 104 valence electrons. The quantitative estimate of drug-likeness (QED) is 0.784. The Morgan fingerprint density at radius 2 is 2.00 bits per heavy atom. The maximum absolute atomic E-state index is 13.7. The van der Waals surface area contributed by atoms with Crippen molar-refractivity contribution in [2.45, 2.75) is 32.4 Å². The highest BCUT2D eigenvalue weighted by Crippen LogP contribution is 2.29. The lowest BCUT2D eigenvalue weighted by atomic mass is 10.0. The van der Waals surface area contributed by atoms with Crippen LogP contribution in [0.15, 0.2) is 18.2 Å². The van der Waals surface area contributed by atoms with Crippen molar-refractivity contribution >= 4 is 5.91 Å². The van der Waals surface area contributed by atoms with Gasteiger partial charge in [-0.1, -0.05) is 0 Å². The van der Waals surface area contributed by atoms with Crippen LogP contribution in [0.3, 0.4) is 0 Å². The maximum atomic E-state index is 13.7. The Balaban J connectivity index is 2.27. The zero-order valence-corrected chi connectivity index (χ0v) is 11.2. The van der Waals surface area contributed by atoms with E-state index in [4.69, 9.17) is 4.74 Å². The lowest BCUT2D eigenvalue weighted by Crippen LogP contribution is -2.52. The summed E-state index contributed by atoms with van der Waals surface area (Å²) in [6.07, 6.45) is -0.632. The maximum Gasteiger partial charge on any atom is 0.249 e. The predicted octanol–water partition coefficient (Wildman–Crippen LogP) is 2.66. The molecule has 2 rings (SSSR count). The van der Waals surface area contributed by atoms with Gasteiger partial charge in [-0.2, -0.15) is 0 Å². The van der Waals surface area contributed by atoms with Crippen LogP contribution in [0, 0.1) is 11.6 Å². The lowest BCUT2D eigenvalue weighted by molar-refractivity contribution is -0.156. The van der Waals surface area contributed by atoms with Crippen molar-refractivity contribution in [2.24, 2.45) is 0 Å². The summed E-state index contributed by atoms with van der Waals surface area (Å²) in [6, 6.07) is 3.26. The number of hydrogen-bond acceptors (Lipinski definition) is 2. The Kier molecular flexibility index (Phi) is 3.58. The summed E-state index contributed by atoms with van der Waals surface area (Å²) >= 11 is 0. The largest absolute Gasteiger partial charge is 0.362 e. The van der Waals surface area contributed by atoms with Gasteiger partial charge in [0.15, 0.2) is 0 Å². The highest BCUT2D eigenvalue weighted by molar-refractivity contribution is 5.79. The number of hydrogen-bond donors (Lipinski definition) is 0. The monoisotopic (exact) mass is 269 g/mol. The molecule has 3 nitrogen and oxygen atoms in total. The number of carbonyl (C=O) groups excluding carboxylic acids is 1. The third kappa shape index (κ3) is 2.92. The fourth-order valence-corrected chi connectivity index (χ4v) is 2.17. The molecule has 1 unspecified atom stereocenters. The third-order valence-corrected chi connectivity index (χ3v) is 3.17. The number of halogens is 2. The summed E-state index contributed by atoms with van der Waals surface area (Å²) in [6.45, 7) is 5.81. The van der Waals surface area contributed by atoms with Gasteiger partial charge in [0.2, 0.25) is 5.91 Å². The molecule has 0 aromatic heterocycles. The van der Waals surface area contributed by atoms with Crippen LogP contribution in [0.2, 0.25) is 0 Å². The topological polar surface area (TPSA) is 29.5 Å². The Labute approximate surface area is 111 Å². The first kappa shape index (κ1) is 13.9. The molecule has 1 amide bonds. The molecule has 0 saturated carbocycles. The fraction of sp³-hybridized carbons (Fsp3) is 0.500. The fourth-order valence-electron chi connectivity index (χ4n) is 2.17. The molecule has 1 aromatic carbocycles. The van der Waals surface area contributed by atoms with Crippen molar-refractivity contribution in [3.05, 3.63) is 35.4 Å². The molecule has 0 N–H and O–H groups in total. The molecule has 0 aliphatic carbocycles. The van der Waals surface area contributed by atoms with Crippen LogP contribution < -0.4 is 0 Å². The first-order valence-corrected chi connectivity index (χ1v) is 6.16. The smallest absolute Gasteiger partial charge is 0.249 e. The van der Waals surface area contributed by atoms with Gasteiger partial charge in [0, 0.05) is 11.1 Å². The third-order valence-electron chi connectivity index (χ3n) is 3.17. The van der Waals surface area contributed by atoms with E-state index in [-0.39, 0.29) is 30.2 Å². The Hall–Kier alpha value is -1.49. The number of nitrogens with zero attached hydrogens (tertiary/aromatic N) is 1. The van der Waals surface area contributed by atoms with Crippen molar-refractivity contribution in [2.75, 3.05) is 13.2 Å². The summed E-state index contributed by atoms with van der Waals surface area (Å²) < 4.78 is 32.3. The average Bonchev–Trinajstić information content (AvgIpc) is 2.31. The Bertz CT molecular complexity index is 497. The molecule has 0 spiro atoms. The van der Waals surface area contributed by atoms with Crippen molar-refractivity contribution < 1.29 is 18.3 Å². The lowest BCUT2D eigenvalue weighted by Gasteiger charge is -2.41. The summed E-state index contributed by atoms with van der Waals surface area (Å²) in [5.74, 6) is -1.17. The van der Waals surface area contributed by atoms with Gasteiger partial charge in [-0.3, -0.25) is 4.79 Å². The first-order chi connectivity index (χ1) is 8.79. The van der Waals surface area contributed by atoms with Crippen LogP contribution in [0.4, 0.5) is 8.78 Å². The summed E-state index contributed by atoms with van der Waals surface area (Å²) in [4.78, 5) is 13.4. The molecule has 1 heterocycles. The molecule has 0 bridgehead atoms. The second-order valence-electron chi connectivity index (χ2n) is 5.64. The van der Waals surface area contributed by atoms with Crippen LogP contribution in [0.5, 0.6) is 0 Å². The van der Waals surface area contributed by atoms with Crippen LogP contribution >= 0.6 is 0 Å². The molecule has 19 heavy (non-hydrogen) atoms. The summed E-state index contributed by atoms with van der Waals surface area (Å²) in [5.41, 5.74) is -0.218. The van der Waals surface area contributed by atoms with Crippen LogP contribution in [0.25, 0.3) is 0 Å². The van der Waals surface area contributed by atoms with Crippen LogP contribution in [0.1, 0.15) is 32.4 Å². The average molecular weight is 269 g/mol. The number of morpholine rings is 1. The summed E-state index contributed by atoms with van der Waals surface area (Å²) in [7, 11) is 0. The number of benzene rings is 1. The van der Waals surface area contributed by atoms with Crippen LogP contribution in [-0.2, 0) is 9.53 Å². The minimum atomic E-state index is -0.632. The Morgan fingerprint density at radius 1 is 1.32 bits per heavy atom. The van der Waals surface area contributed by atoms with Gasteiger partial charge in [-0.05, 0) is 39.0 Å². The van der Waals surface area contributed by atoms with Crippen molar-refractivity contribution in [1.29, 1.82) is 0 Å². The number of ether oxygens (including phenoxy) is 1. The van der Waals surface area contributed by atoms with E-state index in [1.54, 1.807) is 4.90 Å². The van der Waals surface area contributed by atoms with Gasteiger partial charge in [0.05, 0.1) is 6.54 Å². The zero-order valence-electron chi connectivity index (χ0n) is 11.2. The molecular formula is C14H17F2NO2. The van der Waals surface area contributed by atoms with E-state index in [0.717, 1.165) is 18.2 Å². The van der Waals surface area contributed by atoms with E-state index in [1.165, 1.54) is 0 Å². The molecular weight excluding hydrogens is 252 g/mol. The van der Waals surface area contributed by atoms with Crippen molar-refractivity contribution in [3.8, 4) is 0 Å². The van der Waals surface area contributed by atoms with Gasteiger partial charge in [-0.15, -0.1) is 0 Å². The minimum absolute atomic E-state index is 0.113. The molecule has 1 aliphatic heterocycles. The number of rotatable bonds is 1. The summed E-state index contributed by atoms with van der Waals surface area (Å²) in [5, 5.41) is 0. The standard InChI is InChI=1S/C14H17F2NO2/c1-14(2,3)17-7-12(19-8-13(17)18)10-6-9(15)4-5-11(10)16/h4-6,12H,7-8H2,1-3H3. The predicted molar refractivity (Wildman–Crippen MR) is 66.5 cm³/mol. The van der Waals surface area contributed by atoms with E-state index in [9.17, 15) is 13.6 Å². The molecule has 1 aromatic rings. The second-order valence-corrected chi connectivity index (χ2v) is 5.64. The zero-order chi connectivity index (χ0) is 14.2. The van der Waals surface area contributed by atoms with Crippen LogP contribution in [-0.4, -0.2) is 29.5 Å². The van der Waals surface area contributed by atoms with E-state index in [1.807, 2.05) is 20.8 Å². The van der Waals surface area contributed by atoms with Crippen molar-refractivity contribution in [3.63, 3.8) is 0 Å². The highest BCUT2D eigenvalue weighted by atomic mass is 19.1. The molecule has 5 heteroatoms. The Morgan fingerprint density at radius 3 is 2.63 bits per heavy atom. The molecule has 1 fully saturated rings. The number of amides is 1. The van der Waals surface area contributed by atoms with E-state index in [0.29, 0.717) is 0 Å². The van der Waals surface area contributed by atoms with Crippen molar-refractivity contribution in [1.82, 2.24) is 4.90 Å². The highest BCUT2D eigenvalue weighted by Gasteiger charge is 2.35. The van der Waals surface area contributed by atoms with Gasteiger partial charge < -0.3 is 9.64 Å². The molecule has 0 radical (unpaired) electrons. The van der Waals surface area contributed by atoms with E-state index in [2.05, 4.69) is 0 Å². The second kappa shape index (κ2) is 4.89. The minimum Gasteiger partial charge on any atom is -0.362 e. The van der Waals surface area contributed by atoms with Gasteiger partial charge in [0.1, 0.15) is 24.3 Å². The molecule has 1 saturated heterocycles. The molecule has 1 aliphatic rings.